The zero-order chi connectivity index (χ0) is 19.0. The third-order valence-corrected chi connectivity index (χ3v) is 12.6. The van der Waals surface area contributed by atoms with Crippen LogP contribution >= 0.6 is 99.7 Å². The van der Waals surface area contributed by atoms with Crippen LogP contribution in [0, 0.1) is 0 Å². The van der Waals surface area contributed by atoms with Crippen molar-refractivity contribution >= 4 is 118 Å². The fourth-order valence-corrected chi connectivity index (χ4v) is 7.44. The summed E-state index contributed by atoms with van der Waals surface area (Å²) in [6.07, 6.45) is 12.4. The number of rotatable bonds is 10. The highest BCUT2D eigenvalue weighted by atomic mass is 35.9. The van der Waals surface area contributed by atoms with E-state index in [0.29, 0.717) is 18.9 Å². The van der Waals surface area contributed by atoms with E-state index < -0.39 is 18.0 Å². The molecule has 0 radical (unpaired) electrons. The predicted octanol–water partition coefficient (Wildman–Crippen LogP) is 9.16. The highest BCUT2D eigenvalue weighted by molar-refractivity contribution is 7.66. The Kier molecular flexibility index (Phi) is 13.4. The highest BCUT2D eigenvalue weighted by Crippen LogP contribution is 2.40. The molecule has 0 saturated heterocycles. The third kappa shape index (κ3) is 13.6. The topological polar surface area (TPSA) is 0 Å². The molecule has 0 aliphatic heterocycles. The summed E-state index contributed by atoms with van der Waals surface area (Å²) in [5.74, 6) is 0. The fourth-order valence-electron chi connectivity index (χ4n) is 1.72. The predicted molar refractivity (Wildman–Crippen MR) is 125 cm³/mol. The molecule has 140 valence electrons. The van der Waals surface area contributed by atoms with Crippen LogP contribution in [0.15, 0.2) is 36.5 Å². The van der Waals surface area contributed by atoms with Crippen molar-refractivity contribution < 1.29 is 0 Å². The van der Waals surface area contributed by atoms with Crippen LogP contribution in [-0.4, -0.2) is 18.0 Å². The van der Waals surface area contributed by atoms with Crippen molar-refractivity contribution in [1.29, 1.82) is 0 Å². The molecule has 0 aromatic rings. The Morgan fingerprint density at radius 3 is 1.54 bits per heavy atom. The minimum absolute atomic E-state index is 0.118. The van der Waals surface area contributed by atoms with Crippen LogP contribution in [0.5, 0.6) is 0 Å². The molecule has 0 fully saturated rings. The molecule has 0 heterocycles. The van der Waals surface area contributed by atoms with Crippen molar-refractivity contribution in [2.75, 3.05) is 0 Å². The molecule has 2 unspecified atom stereocenters. The molecule has 2 atom stereocenters. The lowest BCUT2D eigenvalue weighted by Gasteiger charge is -2.19. The van der Waals surface area contributed by atoms with Gasteiger partial charge in [0.2, 0.25) is 0 Å². The Hall–Kier alpha value is 2.48. The van der Waals surface area contributed by atoms with Gasteiger partial charge < -0.3 is 0 Å². The Morgan fingerprint density at radius 2 is 1.12 bits per heavy atom. The van der Waals surface area contributed by atoms with Gasteiger partial charge in [-0.1, -0.05) is 36.5 Å². The van der Waals surface area contributed by atoms with Gasteiger partial charge in [-0.25, -0.2) is 0 Å². The van der Waals surface area contributed by atoms with Crippen molar-refractivity contribution in [3.63, 3.8) is 0 Å². The number of hydrogen-bond donors (Lipinski definition) is 0. The van der Waals surface area contributed by atoms with Gasteiger partial charge in [-0.15, -0.1) is 99.7 Å². The minimum atomic E-state index is -2.93. The van der Waals surface area contributed by atoms with Gasteiger partial charge in [-0.05, 0) is 19.8 Å². The first-order chi connectivity index (χ1) is 10.8. The molecule has 0 rings (SSSR count). The summed E-state index contributed by atoms with van der Waals surface area (Å²) in [6, 6.07) is -8.01. The number of allylic oxidation sites excluding steroid dienone is 6. The molecule has 0 spiro atoms. The van der Waals surface area contributed by atoms with Crippen LogP contribution in [0.1, 0.15) is 19.8 Å². The standard InChI is InChI=1S/C12H17Cl9Si3/c1-2-6-11(23(16,17)18)8-5-9-12(24(19,20)21)7-3-4-10-22(13,14)15/h2-6,9,11-12H,7-8,10H2,1H3. The Morgan fingerprint density at radius 1 is 0.667 bits per heavy atom. The maximum atomic E-state index is 6.17. The van der Waals surface area contributed by atoms with Gasteiger partial charge in [-0.3, -0.25) is 0 Å². The Labute approximate surface area is 189 Å². The number of halogens is 9. The molecule has 0 aliphatic rings. The van der Waals surface area contributed by atoms with Gasteiger partial charge >= 0.3 is 18.0 Å². The van der Waals surface area contributed by atoms with Gasteiger partial charge in [0.15, 0.2) is 0 Å². The molecule has 0 saturated carbocycles. The Balaban J connectivity index is 4.85. The van der Waals surface area contributed by atoms with Gasteiger partial charge in [0.1, 0.15) is 0 Å². The average molecular weight is 565 g/mol. The molecule has 0 N–H and O–H groups in total. The van der Waals surface area contributed by atoms with Crippen LogP contribution in [0.4, 0.5) is 0 Å². The lowest BCUT2D eigenvalue weighted by Crippen LogP contribution is -2.19. The van der Waals surface area contributed by atoms with E-state index in [2.05, 4.69) is 0 Å². The van der Waals surface area contributed by atoms with Gasteiger partial charge in [-0.2, -0.15) is 0 Å². The minimum Gasteiger partial charge on any atom is -0.126 e. The van der Waals surface area contributed by atoms with Crippen molar-refractivity contribution in [3.8, 4) is 0 Å². The monoisotopic (exact) mass is 560 g/mol. The van der Waals surface area contributed by atoms with E-state index in [1.54, 1.807) is 0 Å². The van der Waals surface area contributed by atoms with Crippen molar-refractivity contribution in [3.05, 3.63) is 36.5 Å². The second-order valence-corrected chi connectivity index (χ2v) is 32.1. The smallest absolute Gasteiger partial charge is 0.126 e. The maximum absolute atomic E-state index is 6.17. The fraction of sp³-hybridized carbons (Fsp3) is 0.500. The van der Waals surface area contributed by atoms with Gasteiger partial charge in [0.05, 0.1) is 0 Å². The summed E-state index contributed by atoms with van der Waals surface area (Å²) in [5.41, 5.74) is -0.313. The Bertz CT molecular complexity index is 446. The first kappa shape index (κ1) is 26.5. The lowest BCUT2D eigenvalue weighted by molar-refractivity contribution is 0.982. The van der Waals surface area contributed by atoms with Crippen molar-refractivity contribution in [2.45, 2.75) is 36.9 Å². The second kappa shape index (κ2) is 12.1. The summed E-state index contributed by atoms with van der Waals surface area (Å²) in [7, 11) is 0. The van der Waals surface area contributed by atoms with E-state index in [-0.39, 0.29) is 11.1 Å². The summed E-state index contributed by atoms with van der Waals surface area (Å²) < 4.78 is 0. The largest absolute Gasteiger partial charge is 0.348 e. The molecule has 0 nitrogen and oxygen atoms in total. The maximum Gasteiger partial charge on any atom is 0.348 e. The average Bonchev–Trinajstić information content (AvgIpc) is 2.36. The first-order valence-electron chi connectivity index (χ1n) is 6.92. The highest BCUT2D eigenvalue weighted by Gasteiger charge is 2.36. The molecule has 24 heavy (non-hydrogen) atoms. The van der Waals surface area contributed by atoms with Crippen LogP contribution in [-0.2, 0) is 0 Å². The zero-order valence-electron chi connectivity index (χ0n) is 12.6. The summed E-state index contributed by atoms with van der Waals surface area (Å²) in [5, 5.41) is 0. The normalized spacial score (nSPS) is 17.2. The van der Waals surface area contributed by atoms with Crippen LogP contribution < -0.4 is 0 Å². The molecule has 12 heteroatoms. The molecule has 0 aromatic carbocycles. The molecule has 0 bridgehead atoms. The second-order valence-electron chi connectivity index (χ2n) is 5.01. The molecule has 0 amide bonds. The number of hydrogen-bond acceptors (Lipinski definition) is 0. The lowest BCUT2D eigenvalue weighted by atomic mass is 10.2. The van der Waals surface area contributed by atoms with Gasteiger partial charge in [0, 0.05) is 17.1 Å². The quantitative estimate of drug-likeness (QED) is 0.141. The van der Waals surface area contributed by atoms with Crippen molar-refractivity contribution in [2.24, 2.45) is 0 Å². The zero-order valence-corrected chi connectivity index (χ0v) is 22.4. The van der Waals surface area contributed by atoms with E-state index in [1.165, 1.54) is 0 Å². The first-order valence-corrected chi connectivity index (χ1v) is 22.4. The van der Waals surface area contributed by atoms with Crippen LogP contribution in [0.2, 0.25) is 17.1 Å². The van der Waals surface area contributed by atoms with E-state index in [0.717, 1.165) is 0 Å². The van der Waals surface area contributed by atoms with Crippen LogP contribution in [0.25, 0.3) is 0 Å². The van der Waals surface area contributed by atoms with Crippen molar-refractivity contribution in [1.82, 2.24) is 0 Å². The van der Waals surface area contributed by atoms with E-state index in [1.807, 2.05) is 43.4 Å². The molecule has 0 aromatic heterocycles. The van der Waals surface area contributed by atoms with E-state index in [9.17, 15) is 0 Å². The summed E-state index contributed by atoms with van der Waals surface area (Å²) >= 11 is 54.3. The molecule has 0 aliphatic carbocycles. The van der Waals surface area contributed by atoms with Crippen LogP contribution in [0.3, 0.4) is 0 Å². The van der Waals surface area contributed by atoms with E-state index >= 15 is 0 Å². The van der Waals surface area contributed by atoms with Gasteiger partial charge in [0.25, 0.3) is 0 Å². The summed E-state index contributed by atoms with van der Waals surface area (Å²) in [4.78, 5) is 0. The molecular formula is C12H17Cl9Si3. The molecular weight excluding hydrogens is 547 g/mol. The SMILES string of the molecule is CC=CC(CC=CC(CC=CC[Si](Cl)(Cl)Cl)[Si](Cl)(Cl)Cl)[Si](Cl)(Cl)Cl. The third-order valence-electron chi connectivity index (χ3n) is 2.93. The van der Waals surface area contributed by atoms with E-state index in [4.69, 9.17) is 99.7 Å². The summed E-state index contributed by atoms with van der Waals surface area (Å²) in [6.45, 7) is 1.89.